The Hall–Kier alpha value is -2.17. The molecule has 0 bridgehead atoms. The normalized spacial score (nSPS) is 12.8. The molecule has 0 spiro atoms. The maximum atomic E-state index is 5.91. The van der Waals surface area contributed by atoms with Crippen molar-refractivity contribution in [1.82, 2.24) is 4.98 Å². The van der Waals surface area contributed by atoms with Crippen molar-refractivity contribution in [2.45, 2.75) is 65.0 Å². The molecule has 0 aliphatic rings. The van der Waals surface area contributed by atoms with E-state index in [2.05, 4.69) is 32.0 Å². The summed E-state index contributed by atoms with van der Waals surface area (Å²) in [6.07, 6.45) is 9.19. The summed E-state index contributed by atoms with van der Waals surface area (Å²) < 4.78 is 22.6. The van der Waals surface area contributed by atoms with Crippen LogP contribution in [0.1, 0.15) is 52.4 Å². The van der Waals surface area contributed by atoms with Crippen molar-refractivity contribution in [3.63, 3.8) is 0 Å². The largest absolute Gasteiger partial charge is 0.463 e. The minimum atomic E-state index is -0.436. The number of ether oxygens (including phenoxy) is 4. The molecule has 2 atom stereocenters. The Labute approximate surface area is 145 Å². The van der Waals surface area contributed by atoms with Gasteiger partial charge < -0.3 is 18.9 Å². The molecule has 0 amide bonds. The van der Waals surface area contributed by atoms with Gasteiger partial charge in [-0.05, 0) is 25.0 Å². The average Bonchev–Trinajstić information content (AvgIpc) is 2.59. The van der Waals surface area contributed by atoms with Gasteiger partial charge >= 0.3 is 0 Å². The van der Waals surface area contributed by atoms with Crippen LogP contribution < -0.4 is 9.47 Å². The van der Waals surface area contributed by atoms with Gasteiger partial charge in [-0.1, -0.05) is 39.8 Å². The van der Waals surface area contributed by atoms with Crippen LogP contribution in [0.4, 0.5) is 0 Å². The van der Waals surface area contributed by atoms with Gasteiger partial charge in [-0.3, -0.25) is 0 Å². The summed E-state index contributed by atoms with van der Waals surface area (Å²) >= 11 is 0. The van der Waals surface area contributed by atoms with Crippen molar-refractivity contribution < 1.29 is 18.9 Å². The number of hydrogen-bond donors (Lipinski definition) is 0. The molecular weight excluding hydrogens is 306 g/mol. The zero-order chi connectivity index (χ0) is 17.6. The van der Waals surface area contributed by atoms with E-state index in [4.69, 9.17) is 18.9 Å². The van der Waals surface area contributed by atoms with E-state index in [0.717, 1.165) is 38.5 Å². The summed E-state index contributed by atoms with van der Waals surface area (Å²) in [5, 5.41) is 0. The van der Waals surface area contributed by atoms with Gasteiger partial charge in [-0.2, -0.15) is 0 Å². The van der Waals surface area contributed by atoms with Crippen LogP contribution in [0.15, 0.2) is 44.0 Å². The molecule has 1 aromatic rings. The highest BCUT2D eigenvalue weighted by atomic mass is 16.7. The molecule has 1 heterocycles. The zero-order valence-electron chi connectivity index (χ0n) is 14.8. The van der Waals surface area contributed by atoms with E-state index in [1.165, 1.54) is 12.5 Å². The molecule has 0 radical (unpaired) electrons. The molecule has 0 saturated carbocycles. The summed E-state index contributed by atoms with van der Waals surface area (Å²) in [5.74, 6) is 0.907. The molecule has 134 valence electrons. The van der Waals surface area contributed by atoms with E-state index in [0.29, 0.717) is 11.6 Å². The Balaban J connectivity index is 2.80. The molecule has 1 rings (SSSR count). The van der Waals surface area contributed by atoms with Gasteiger partial charge in [0, 0.05) is 19.0 Å². The average molecular weight is 335 g/mol. The molecule has 2 unspecified atom stereocenters. The van der Waals surface area contributed by atoms with Gasteiger partial charge in [0.05, 0.1) is 12.5 Å². The van der Waals surface area contributed by atoms with E-state index in [1.54, 1.807) is 18.3 Å². The van der Waals surface area contributed by atoms with E-state index >= 15 is 0 Å². The quantitative estimate of drug-likeness (QED) is 0.346. The fourth-order valence-electron chi connectivity index (χ4n) is 2.09. The third kappa shape index (κ3) is 7.40. The van der Waals surface area contributed by atoms with Crippen LogP contribution >= 0.6 is 0 Å². The van der Waals surface area contributed by atoms with Crippen LogP contribution in [0.2, 0.25) is 0 Å². The van der Waals surface area contributed by atoms with Crippen molar-refractivity contribution in [3.8, 4) is 11.6 Å². The first-order valence-corrected chi connectivity index (χ1v) is 8.56. The summed E-state index contributed by atoms with van der Waals surface area (Å²) in [7, 11) is 0. The SMILES string of the molecule is C=COC(CCCC)Oc1cccnc1OC(CCCC)OC=C. The Kier molecular flexibility index (Phi) is 10.2. The highest BCUT2D eigenvalue weighted by molar-refractivity contribution is 5.32. The van der Waals surface area contributed by atoms with Gasteiger partial charge in [0.25, 0.3) is 5.88 Å². The Morgan fingerprint density at radius 3 is 2.12 bits per heavy atom. The van der Waals surface area contributed by atoms with E-state index in [-0.39, 0.29) is 0 Å². The number of aromatic nitrogens is 1. The number of pyridine rings is 1. The molecule has 0 fully saturated rings. The Morgan fingerprint density at radius 1 is 1.00 bits per heavy atom. The van der Waals surface area contributed by atoms with Crippen molar-refractivity contribution >= 4 is 0 Å². The Bertz CT molecular complexity index is 435. The minimum absolute atomic E-state index is 0.384. The molecule has 0 aromatic carbocycles. The zero-order valence-corrected chi connectivity index (χ0v) is 14.8. The van der Waals surface area contributed by atoms with Crippen LogP contribution in [0.3, 0.4) is 0 Å². The van der Waals surface area contributed by atoms with Gasteiger partial charge in [-0.25, -0.2) is 4.98 Å². The van der Waals surface area contributed by atoms with Crippen molar-refractivity contribution in [3.05, 3.63) is 44.0 Å². The number of unbranched alkanes of at least 4 members (excludes halogenated alkanes) is 2. The summed E-state index contributed by atoms with van der Waals surface area (Å²) in [5.41, 5.74) is 0. The van der Waals surface area contributed by atoms with Crippen molar-refractivity contribution in [2.75, 3.05) is 0 Å². The number of nitrogens with zero attached hydrogens (tertiary/aromatic N) is 1. The van der Waals surface area contributed by atoms with Crippen molar-refractivity contribution in [2.24, 2.45) is 0 Å². The smallest absolute Gasteiger partial charge is 0.260 e. The van der Waals surface area contributed by atoms with Crippen LogP contribution in [0, 0.1) is 0 Å². The fourth-order valence-corrected chi connectivity index (χ4v) is 2.09. The number of rotatable bonds is 14. The maximum absolute atomic E-state index is 5.91. The number of hydrogen-bond acceptors (Lipinski definition) is 5. The van der Waals surface area contributed by atoms with E-state index < -0.39 is 12.6 Å². The summed E-state index contributed by atoms with van der Waals surface area (Å²) in [4.78, 5) is 4.26. The van der Waals surface area contributed by atoms with Gasteiger partial charge in [0.2, 0.25) is 12.6 Å². The standard InChI is InChI=1S/C19H29NO4/c1-5-9-13-17(21-7-3)23-16-12-11-15-20-19(16)24-18(22-8-4)14-10-6-2/h7-8,11-12,15,17-18H,3-6,9-10,13-14H2,1-2H3. The molecule has 5 heteroatoms. The molecule has 0 N–H and O–H groups in total. The third-order valence-electron chi connectivity index (χ3n) is 3.32. The molecule has 24 heavy (non-hydrogen) atoms. The van der Waals surface area contributed by atoms with Crippen molar-refractivity contribution in [1.29, 1.82) is 0 Å². The molecule has 1 aromatic heterocycles. The minimum Gasteiger partial charge on any atom is -0.463 e. The lowest BCUT2D eigenvalue weighted by Gasteiger charge is -2.22. The topological polar surface area (TPSA) is 49.8 Å². The van der Waals surface area contributed by atoms with Crippen LogP contribution in [-0.4, -0.2) is 17.6 Å². The highest BCUT2D eigenvalue weighted by Crippen LogP contribution is 2.28. The lowest BCUT2D eigenvalue weighted by atomic mass is 10.2. The lowest BCUT2D eigenvalue weighted by Crippen LogP contribution is -2.22. The Morgan fingerprint density at radius 2 is 1.58 bits per heavy atom. The molecule has 0 saturated heterocycles. The first kappa shape index (κ1) is 19.9. The lowest BCUT2D eigenvalue weighted by molar-refractivity contribution is -0.0558. The molecular formula is C19H29NO4. The summed E-state index contributed by atoms with van der Waals surface area (Å²) in [6.45, 7) is 11.4. The molecule has 5 nitrogen and oxygen atoms in total. The molecule has 0 aliphatic carbocycles. The second-order valence-corrected chi connectivity index (χ2v) is 5.29. The van der Waals surface area contributed by atoms with Gasteiger partial charge in [-0.15, -0.1) is 0 Å². The highest BCUT2D eigenvalue weighted by Gasteiger charge is 2.18. The third-order valence-corrected chi connectivity index (χ3v) is 3.32. The molecule has 0 aliphatic heterocycles. The monoisotopic (exact) mass is 335 g/mol. The first-order valence-electron chi connectivity index (χ1n) is 8.56. The van der Waals surface area contributed by atoms with Crippen LogP contribution in [0.25, 0.3) is 0 Å². The van der Waals surface area contributed by atoms with Gasteiger partial charge in [0.15, 0.2) is 5.75 Å². The van der Waals surface area contributed by atoms with E-state index in [9.17, 15) is 0 Å². The fraction of sp³-hybridized carbons (Fsp3) is 0.526. The van der Waals surface area contributed by atoms with Gasteiger partial charge in [0.1, 0.15) is 0 Å². The first-order chi connectivity index (χ1) is 11.7. The second kappa shape index (κ2) is 12.3. The maximum Gasteiger partial charge on any atom is 0.260 e. The van der Waals surface area contributed by atoms with Crippen LogP contribution in [0.5, 0.6) is 11.6 Å². The predicted octanol–water partition coefficient (Wildman–Crippen LogP) is 5.19. The van der Waals surface area contributed by atoms with E-state index in [1.807, 2.05) is 0 Å². The predicted molar refractivity (Wildman–Crippen MR) is 94.7 cm³/mol. The summed E-state index contributed by atoms with van der Waals surface area (Å²) in [6, 6.07) is 3.60. The second-order valence-electron chi connectivity index (χ2n) is 5.29. The van der Waals surface area contributed by atoms with Crippen LogP contribution in [-0.2, 0) is 9.47 Å².